The van der Waals surface area contributed by atoms with Gasteiger partial charge in [0.1, 0.15) is 6.61 Å². The van der Waals surface area contributed by atoms with E-state index in [4.69, 9.17) is 21.1 Å². The molecular weight excluding hydrogens is 350 g/mol. The quantitative estimate of drug-likeness (QED) is 0.566. The monoisotopic (exact) mass is 367 g/mol. The van der Waals surface area contributed by atoms with Crippen LogP contribution in [0.4, 0.5) is 0 Å². The number of hydrogen-bond donors (Lipinski definition) is 0. The van der Waals surface area contributed by atoms with Gasteiger partial charge in [0.2, 0.25) is 0 Å². The molecule has 0 aliphatic carbocycles. The molecule has 0 amide bonds. The van der Waals surface area contributed by atoms with Crippen LogP contribution in [0.1, 0.15) is 22.8 Å². The fourth-order valence-electron chi connectivity index (χ4n) is 2.41. The largest absolute Gasteiger partial charge is 0.459 e. The lowest BCUT2D eigenvalue weighted by Crippen LogP contribution is -2.19. The lowest BCUT2D eigenvalue weighted by Gasteiger charge is -2.17. The van der Waals surface area contributed by atoms with E-state index in [1.165, 1.54) is 0 Å². The molecule has 0 N–H and O–H groups in total. The first-order chi connectivity index (χ1) is 12.7. The summed E-state index contributed by atoms with van der Waals surface area (Å²) >= 11 is 5.95. The number of carbonyl (C=O) groups is 1. The van der Waals surface area contributed by atoms with Crippen LogP contribution in [0.25, 0.3) is 0 Å². The van der Waals surface area contributed by atoms with Crippen molar-refractivity contribution in [3.63, 3.8) is 0 Å². The van der Waals surface area contributed by atoms with E-state index >= 15 is 0 Å². The Morgan fingerprint density at radius 2 is 1.65 bits per heavy atom. The van der Waals surface area contributed by atoms with E-state index in [0.29, 0.717) is 17.2 Å². The second-order valence-corrected chi connectivity index (χ2v) is 6.13. The summed E-state index contributed by atoms with van der Waals surface area (Å²) in [6.45, 7) is 0.446. The molecule has 0 radical (unpaired) electrons. The summed E-state index contributed by atoms with van der Waals surface area (Å²) in [7, 11) is 0. The molecule has 1 atom stereocenters. The van der Waals surface area contributed by atoms with Crippen molar-refractivity contribution in [3.05, 3.63) is 101 Å². The van der Waals surface area contributed by atoms with Crippen LogP contribution < -0.4 is 0 Å². The minimum Gasteiger partial charge on any atom is -0.459 e. The van der Waals surface area contributed by atoms with Gasteiger partial charge in [0.15, 0.2) is 6.10 Å². The number of carbonyl (C=O) groups excluding carboxylic acids is 1. The highest BCUT2D eigenvalue weighted by Gasteiger charge is 2.23. The van der Waals surface area contributed by atoms with E-state index in [1.807, 2.05) is 36.4 Å². The third kappa shape index (κ3) is 5.15. The first-order valence-corrected chi connectivity index (χ1v) is 8.57. The number of hydrogen-bond acceptors (Lipinski definition) is 4. The van der Waals surface area contributed by atoms with Gasteiger partial charge in [-0.15, -0.1) is 0 Å². The first kappa shape index (κ1) is 18.1. The zero-order valence-electron chi connectivity index (χ0n) is 14.0. The lowest BCUT2D eigenvalue weighted by atomic mass is 10.1. The van der Waals surface area contributed by atoms with Crippen molar-refractivity contribution >= 4 is 17.6 Å². The Labute approximate surface area is 157 Å². The van der Waals surface area contributed by atoms with E-state index in [0.717, 1.165) is 11.1 Å². The molecule has 1 heterocycles. The molecule has 5 heteroatoms. The number of benzene rings is 2. The molecule has 0 saturated carbocycles. The smallest absolute Gasteiger partial charge is 0.340 e. The maximum absolute atomic E-state index is 12.6. The van der Waals surface area contributed by atoms with Gasteiger partial charge in [-0.1, -0.05) is 60.1 Å². The van der Waals surface area contributed by atoms with Gasteiger partial charge in [-0.2, -0.15) is 0 Å². The van der Waals surface area contributed by atoms with E-state index in [-0.39, 0.29) is 6.61 Å². The van der Waals surface area contributed by atoms with Gasteiger partial charge in [0, 0.05) is 23.0 Å². The minimum atomic E-state index is -0.829. The van der Waals surface area contributed by atoms with Gasteiger partial charge >= 0.3 is 5.97 Å². The van der Waals surface area contributed by atoms with Gasteiger partial charge in [-0.3, -0.25) is 4.98 Å². The SMILES string of the molecule is O=C(OCc1cccnc1)C(OCc1ccccc1)c1ccc(Cl)cc1. The molecule has 26 heavy (non-hydrogen) atoms. The van der Waals surface area contributed by atoms with Crippen molar-refractivity contribution < 1.29 is 14.3 Å². The van der Waals surface area contributed by atoms with E-state index in [1.54, 1.807) is 42.7 Å². The Kier molecular flexibility index (Phi) is 6.36. The molecule has 0 aliphatic rings. The fourth-order valence-corrected chi connectivity index (χ4v) is 2.53. The molecule has 132 valence electrons. The molecule has 0 aliphatic heterocycles. The average molecular weight is 368 g/mol. The maximum Gasteiger partial charge on any atom is 0.340 e. The van der Waals surface area contributed by atoms with E-state index in [2.05, 4.69) is 4.98 Å². The van der Waals surface area contributed by atoms with Crippen LogP contribution in [0.5, 0.6) is 0 Å². The van der Waals surface area contributed by atoms with Gasteiger partial charge in [0.25, 0.3) is 0 Å². The lowest BCUT2D eigenvalue weighted by molar-refractivity contribution is -0.160. The molecule has 0 bridgehead atoms. The third-order valence-electron chi connectivity index (χ3n) is 3.75. The Morgan fingerprint density at radius 1 is 0.923 bits per heavy atom. The van der Waals surface area contributed by atoms with Crippen molar-refractivity contribution in [2.75, 3.05) is 0 Å². The molecule has 3 rings (SSSR count). The highest BCUT2D eigenvalue weighted by molar-refractivity contribution is 6.30. The molecule has 1 unspecified atom stereocenters. The predicted molar refractivity (Wildman–Crippen MR) is 99.5 cm³/mol. The zero-order chi connectivity index (χ0) is 18.2. The fraction of sp³-hybridized carbons (Fsp3) is 0.143. The zero-order valence-corrected chi connectivity index (χ0v) is 14.8. The predicted octanol–water partition coefficient (Wildman–Crippen LogP) is 4.74. The van der Waals surface area contributed by atoms with Crippen LogP contribution in [0, 0.1) is 0 Å². The van der Waals surface area contributed by atoms with Gasteiger partial charge in [-0.05, 0) is 29.3 Å². The Balaban J connectivity index is 1.71. The number of ether oxygens (including phenoxy) is 2. The normalized spacial score (nSPS) is 11.7. The third-order valence-corrected chi connectivity index (χ3v) is 4.00. The standard InChI is InChI=1S/C21H18ClNO3/c22-19-10-8-18(9-11-19)20(25-14-16-5-2-1-3-6-16)21(24)26-15-17-7-4-12-23-13-17/h1-13,20H,14-15H2. The minimum absolute atomic E-state index is 0.144. The van der Waals surface area contributed by atoms with Crippen molar-refractivity contribution in [3.8, 4) is 0 Å². The molecular formula is C21H18ClNO3. The summed E-state index contributed by atoms with van der Waals surface area (Å²) in [6, 6.07) is 20.3. The van der Waals surface area contributed by atoms with Crippen LogP contribution in [0.15, 0.2) is 79.1 Å². The Hall–Kier alpha value is -2.69. The molecule has 1 aromatic heterocycles. The number of aromatic nitrogens is 1. The number of nitrogens with zero attached hydrogens (tertiary/aromatic N) is 1. The first-order valence-electron chi connectivity index (χ1n) is 8.19. The number of rotatable bonds is 7. The van der Waals surface area contributed by atoms with Crippen molar-refractivity contribution in [2.45, 2.75) is 19.3 Å². The summed E-state index contributed by atoms with van der Waals surface area (Å²) in [5, 5.41) is 0.597. The second-order valence-electron chi connectivity index (χ2n) is 5.70. The van der Waals surface area contributed by atoms with Gasteiger partial charge in [-0.25, -0.2) is 4.79 Å². The van der Waals surface area contributed by atoms with Crippen molar-refractivity contribution in [2.24, 2.45) is 0 Å². The highest BCUT2D eigenvalue weighted by Crippen LogP contribution is 2.23. The summed E-state index contributed by atoms with van der Waals surface area (Å²) in [4.78, 5) is 16.6. The van der Waals surface area contributed by atoms with Gasteiger partial charge < -0.3 is 9.47 Å². The van der Waals surface area contributed by atoms with E-state index in [9.17, 15) is 4.79 Å². The van der Waals surface area contributed by atoms with Crippen molar-refractivity contribution in [1.29, 1.82) is 0 Å². The van der Waals surface area contributed by atoms with Crippen LogP contribution >= 0.6 is 11.6 Å². The topological polar surface area (TPSA) is 48.4 Å². The maximum atomic E-state index is 12.6. The molecule has 0 spiro atoms. The summed E-state index contributed by atoms with van der Waals surface area (Å²) in [5.41, 5.74) is 2.49. The van der Waals surface area contributed by atoms with Crippen LogP contribution in [-0.2, 0) is 27.5 Å². The van der Waals surface area contributed by atoms with Crippen LogP contribution in [0.2, 0.25) is 5.02 Å². The van der Waals surface area contributed by atoms with Crippen LogP contribution in [-0.4, -0.2) is 11.0 Å². The average Bonchev–Trinajstić information content (AvgIpc) is 2.69. The molecule has 0 saturated heterocycles. The molecule has 2 aromatic carbocycles. The van der Waals surface area contributed by atoms with E-state index < -0.39 is 12.1 Å². The second kappa shape index (κ2) is 9.13. The Morgan fingerprint density at radius 3 is 2.35 bits per heavy atom. The molecule has 4 nitrogen and oxygen atoms in total. The number of pyridine rings is 1. The summed E-state index contributed by atoms with van der Waals surface area (Å²) < 4.78 is 11.3. The number of halogens is 1. The Bertz CT molecular complexity index is 823. The molecule has 3 aromatic rings. The van der Waals surface area contributed by atoms with Crippen molar-refractivity contribution in [1.82, 2.24) is 4.98 Å². The van der Waals surface area contributed by atoms with Crippen LogP contribution in [0.3, 0.4) is 0 Å². The molecule has 0 fully saturated rings. The van der Waals surface area contributed by atoms with Gasteiger partial charge in [0.05, 0.1) is 6.61 Å². The number of esters is 1. The summed E-state index contributed by atoms with van der Waals surface area (Å²) in [6.07, 6.45) is 2.50. The highest BCUT2D eigenvalue weighted by atomic mass is 35.5. The summed E-state index contributed by atoms with van der Waals surface area (Å²) in [5.74, 6) is -0.452.